The first-order valence-electron chi connectivity index (χ1n) is 12.0. The Morgan fingerprint density at radius 1 is 1.33 bits per heavy atom. The first-order chi connectivity index (χ1) is 17.1. The summed E-state index contributed by atoms with van der Waals surface area (Å²) in [5, 5.41) is 5.22. The Kier molecular flexibility index (Phi) is 6.27. The lowest BCUT2D eigenvalue weighted by Gasteiger charge is -2.36. The Labute approximate surface area is 211 Å². The number of carbonyl (C=O) groups is 1. The molecule has 0 radical (unpaired) electrons. The monoisotopic (exact) mass is 513 g/mol. The van der Waals surface area contributed by atoms with Crippen LogP contribution in [0.25, 0.3) is 11.0 Å². The molecular weight excluding hydrogens is 482 g/mol. The number of rotatable bonds is 5. The molecule has 0 saturated carbocycles. The van der Waals surface area contributed by atoms with Crippen molar-refractivity contribution in [2.75, 3.05) is 17.9 Å². The molecule has 1 fully saturated rings. The summed E-state index contributed by atoms with van der Waals surface area (Å²) < 4.78 is 34.2. The summed E-state index contributed by atoms with van der Waals surface area (Å²) in [4.78, 5) is 20.3. The number of fused-ring (bicyclic) bond motifs is 2. The van der Waals surface area contributed by atoms with E-state index in [9.17, 15) is 13.9 Å². The van der Waals surface area contributed by atoms with Crippen LogP contribution in [-0.4, -0.2) is 59.7 Å². The third kappa shape index (κ3) is 4.47. The number of ether oxygens (including phenoxy) is 1. The van der Waals surface area contributed by atoms with Crippen molar-refractivity contribution in [1.82, 2.24) is 19.7 Å². The number of aryl methyl sites for hydroxylation is 1. The van der Waals surface area contributed by atoms with Crippen molar-refractivity contribution in [3.05, 3.63) is 47.3 Å². The molecule has 5 N–H and O–H groups in total. The van der Waals surface area contributed by atoms with Gasteiger partial charge in [-0.2, -0.15) is 5.10 Å². The van der Waals surface area contributed by atoms with E-state index in [1.54, 1.807) is 24.4 Å². The number of piperidine rings is 1. The van der Waals surface area contributed by atoms with Gasteiger partial charge in [0.25, 0.3) is 5.91 Å². The van der Waals surface area contributed by atoms with Gasteiger partial charge >= 0.3 is 0 Å². The average Bonchev–Trinajstić information content (AvgIpc) is 3.25. The molecule has 1 amide bonds. The van der Waals surface area contributed by atoms with Crippen molar-refractivity contribution in [1.29, 1.82) is 0 Å². The minimum atomic E-state index is -3.38. The summed E-state index contributed by atoms with van der Waals surface area (Å²) in [5.41, 5.74) is 9.01. The van der Waals surface area contributed by atoms with Gasteiger partial charge in [-0.1, -0.05) is 6.07 Å². The van der Waals surface area contributed by atoms with Gasteiger partial charge in [-0.25, -0.2) is 9.67 Å². The Morgan fingerprint density at radius 2 is 2.14 bits per heavy atom. The van der Waals surface area contributed by atoms with Gasteiger partial charge in [-0.3, -0.25) is 18.6 Å². The summed E-state index contributed by atoms with van der Waals surface area (Å²) >= 11 is 0. The van der Waals surface area contributed by atoms with Gasteiger partial charge in [0, 0.05) is 18.3 Å². The highest BCUT2D eigenvalue weighted by molar-refractivity contribution is 8.24. The third-order valence-corrected chi connectivity index (χ3v) is 7.43. The van der Waals surface area contributed by atoms with Crippen LogP contribution >= 0.6 is 11.0 Å². The van der Waals surface area contributed by atoms with Crippen LogP contribution in [0.3, 0.4) is 0 Å². The molecule has 1 aromatic carbocycles. The average molecular weight is 514 g/mol. The normalized spacial score (nSPS) is 20.0. The molecule has 1 saturated heterocycles. The van der Waals surface area contributed by atoms with Gasteiger partial charge in [0.15, 0.2) is 11.5 Å². The number of pyridine rings is 1. The van der Waals surface area contributed by atoms with E-state index in [0.29, 0.717) is 34.8 Å². The lowest BCUT2D eigenvalue weighted by Crippen LogP contribution is -2.46. The van der Waals surface area contributed by atoms with Gasteiger partial charge in [0.2, 0.25) is 0 Å². The van der Waals surface area contributed by atoms with Crippen molar-refractivity contribution in [3.63, 3.8) is 0 Å². The van der Waals surface area contributed by atoms with Crippen LogP contribution in [0.15, 0.2) is 34.9 Å². The first-order valence-corrected chi connectivity index (χ1v) is 13.5. The van der Waals surface area contributed by atoms with Crippen LogP contribution < -0.4 is 15.2 Å². The molecule has 3 aromatic rings. The Morgan fingerprint density at radius 3 is 2.92 bits per heavy atom. The molecule has 12 heteroatoms. The topological polar surface area (TPSA) is 151 Å². The molecule has 36 heavy (non-hydrogen) atoms. The van der Waals surface area contributed by atoms with E-state index in [1.807, 2.05) is 36.4 Å². The number of carbonyl (C=O) groups excluding carboxylic acids is 1. The van der Waals surface area contributed by atoms with Gasteiger partial charge < -0.3 is 15.4 Å². The fourth-order valence-electron chi connectivity index (χ4n) is 4.83. The van der Waals surface area contributed by atoms with Crippen molar-refractivity contribution >= 4 is 39.4 Å². The lowest BCUT2D eigenvalue weighted by atomic mass is 10.0. The molecular formula is C24H31N7O4S. The lowest BCUT2D eigenvalue weighted by molar-refractivity contribution is 0.0530. The predicted molar refractivity (Wildman–Crippen MR) is 140 cm³/mol. The molecule has 0 bridgehead atoms. The summed E-state index contributed by atoms with van der Waals surface area (Å²) in [5.74, 6) is 0.399. The van der Waals surface area contributed by atoms with Crippen molar-refractivity contribution in [2.24, 2.45) is 10.1 Å². The van der Waals surface area contributed by atoms with Crippen molar-refractivity contribution < 1.29 is 18.6 Å². The molecule has 1 atom stereocenters. The van der Waals surface area contributed by atoms with E-state index in [2.05, 4.69) is 19.2 Å². The van der Waals surface area contributed by atoms with Crippen molar-refractivity contribution in [2.45, 2.75) is 52.1 Å². The molecule has 192 valence electrons. The number of nitrogens with zero attached hydrogens (tertiary/aromatic N) is 5. The van der Waals surface area contributed by atoms with E-state index in [1.165, 1.54) is 0 Å². The zero-order valence-electron chi connectivity index (χ0n) is 20.5. The fourth-order valence-corrected chi connectivity index (χ4v) is 5.71. The van der Waals surface area contributed by atoms with Gasteiger partial charge in [-0.15, -0.1) is 4.40 Å². The van der Waals surface area contributed by atoms with Crippen LogP contribution in [0.4, 0.5) is 5.69 Å². The molecule has 1 unspecified atom stereocenters. The number of hydrogen-bond acceptors (Lipinski definition) is 9. The summed E-state index contributed by atoms with van der Waals surface area (Å²) in [6.07, 6.45) is 4.44. The van der Waals surface area contributed by atoms with Crippen LogP contribution in [-0.2, 0) is 0 Å². The molecule has 5 rings (SSSR count). The fraction of sp³-hybridized carbons (Fsp3) is 0.417. The van der Waals surface area contributed by atoms with Crippen LogP contribution in [0.1, 0.15) is 60.8 Å². The molecule has 0 spiro atoms. The Hall–Kier alpha value is -3.35. The molecule has 2 aromatic heterocycles. The highest BCUT2D eigenvalue weighted by Crippen LogP contribution is 2.46. The van der Waals surface area contributed by atoms with Gasteiger partial charge in [0.1, 0.15) is 12.4 Å². The second kappa shape index (κ2) is 9.26. The smallest absolute Gasteiger partial charge is 0.255 e. The number of nitrogens with two attached hydrogens (primary N) is 1. The SMILES string of the molecule is Cc1cc(C(=O)N2CCCCC2COc2cccc3c2C(N)=NS(O)(O)N3)c2cnn(C(C)C)c2n1. The van der Waals surface area contributed by atoms with E-state index >= 15 is 0 Å². The molecule has 11 nitrogen and oxygen atoms in total. The number of amides is 1. The van der Waals surface area contributed by atoms with Crippen LogP contribution in [0.2, 0.25) is 0 Å². The maximum Gasteiger partial charge on any atom is 0.255 e. The molecule has 2 aliphatic rings. The standard InChI is InChI=1S/C24H31N7O4S/c1-14(2)31-23-18(12-26-31)17(11-15(3)27-23)24(32)30-10-5-4-7-16(30)13-35-20-9-6-8-19-21(20)22(25)29-36(33,34)28-19/h6,8-9,11-12,14,16,28,33-34H,4-5,7,10,13H2,1-3H3,(H2,25,29). The Balaban J connectivity index is 1.41. The quantitative estimate of drug-likeness (QED) is 0.398. The van der Waals surface area contributed by atoms with Crippen LogP contribution in [0.5, 0.6) is 5.75 Å². The van der Waals surface area contributed by atoms with E-state index in [-0.39, 0.29) is 30.4 Å². The summed E-state index contributed by atoms with van der Waals surface area (Å²) in [6.45, 7) is 6.86. The van der Waals surface area contributed by atoms with Crippen LogP contribution in [0, 0.1) is 6.92 Å². The zero-order chi connectivity index (χ0) is 25.6. The maximum atomic E-state index is 13.8. The number of anilines is 1. The second-order valence-corrected chi connectivity index (χ2v) is 10.9. The van der Waals surface area contributed by atoms with E-state index < -0.39 is 11.0 Å². The minimum Gasteiger partial charge on any atom is -0.491 e. The highest BCUT2D eigenvalue weighted by Gasteiger charge is 2.31. The molecule has 0 aliphatic carbocycles. The maximum absolute atomic E-state index is 13.8. The number of nitrogens with one attached hydrogen (secondary N) is 1. The first kappa shape index (κ1) is 24.3. The van der Waals surface area contributed by atoms with Gasteiger partial charge in [0.05, 0.1) is 34.4 Å². The Bertz CT molecular complexity index is 1350. The molecule has 4 heterocycles. The zero-order valence-corrected chi connectivity index (χ0v) is 21.3. The number of hydrogen-bond donors (Lipinski definition) is 4. The number of likely N-dealkylation sites (tertiary alicyclic amines) is 1. The van der Waals surface area contributed by atoms with E-state index in [4.69, 9.17) is 10.5 Å². The largest absolute Gasteiger partial charge is 0.491 e. The summed E-state index contributed by atoms with van der Waals surface area (Å²) in [7, 11) is -3.38. The third-order valence-electron chi connectivity index (χ3n) is 6.49. The second-order valence-electron chi connectivity index (χ2n) is 9.47. The number of benzene rings is 1. The van der Waals surface area contributed by atoms with Gasteiger partial charge in [-0.05, 0) is 69.2 Å². The van der Waals surface area contributed by atoms with Crippen molar-refractivity contribution in [3.8, 4) is 5.75 Å². The molecule has 2 aliphatic heterocycles. The predicted octanol–water partition coefficient (Wildman–Crippen LogP) is 4.11. The number of aromatic nitrogens is 3. The highest BCUT2D eigenvalue weighted by atomic mass is 32.3. The summed E-state index contributed by atoms with van der Waals surface area (Å²) in [6, 6.07) is 7.00. The number of amidine groups is 1. The van der Waals surface area contributed by atoms with E-state index in [0.717, 1.165) is 30.3 Å². The minimum absolute atomic E-state index is 0.00672.